The van der Waals surface area contributed by atoms with Gasteiger partial charge in [0.25, 0.3) is 0 Å². The maximum Gasteiger partial charge on any atom is 0.128 e. The Bertz CT molecular complexity index is 854. The van der Waals surface area contributed by atoms with Crippen molar-refractivity contribution in [3.05, 3.63) is 64.6 Å². The van der Waals surface area contributed by atoms with E-state index in [1.54, 1.807) is 12.1 Å². The molecule has 0 amide bonds. The average molecular weight is 416 g/mol. The van der Waals surface area contributed by atoms with Crippen LogP contribution in [0.1, 0.15) is 5.56 Å². The number of hydrogen-bond donors (Lipinski definition) is 1. The molecule has 0 bridgehead atoms. The molecule has 3 aromatic rings. The summed E-state index contributed by atoms with van der Waals surface area (Å²) in [7, 11) is 0. The van der Waals surface area contributed by atoms with Crippen LogP contribution in [0.3, 0.4) is 0 Å². The summed E-state index contributed by atoms with van der Waals surface area (Å²) in [4.78, 5) is 9.19. The number of hydrogen-bond acceptors (Lipinski definition) is 4. The normalized spacial score (nSPS) is 15.4. The van der Waals surface area contributed by atoms with Gasteiger partial charge in [-0.2, -0.15) is 5.10 Å². The van der Waals surface area contributed by atoms with Gasteiger partial charge in [-0.15, -0.1) is 0 Å². The van der Waals surface area contributed by atoms with Crippen LogP contribution >= 0.6 is 15.9 Å². The fourth-order valence-electron chi connectivity index (χ4n) is 3.22. The van der Waals surface area contributed by atoms with Crippen LogP contribution in [0.25, 0.3) is 11.3 Å². The molecule has 0 saturated carbocycles. The minimum Gasteiger partial charge on any atom is -0.354 e. The number of nitrogens with one attached hydrogen (secondary N) is 1. The SMILES string of the molecule is Fc1ccc(-c2n[nH]cc2CN2CCN(c3ccc(Br)cn3)CC2)cc1. The van der Waals surface area contributed by atoms with Crippen molar-refractivity contribution in [1.82, 2.24) is 20.1 Å². The van der Waals surface area contributed by atoms with E-state index < -0.39 is 0 Å². The summed E-state index contributed by atoms with van der Waals surface area (Å²) >= 11 is 3.42. The van der Waals surface area contributed by atoms with Crippen molar-refractivity contribution in [3.8, 4) is 11.3 Å². The third kappa shape index (κ3) is 3.78. The Morgan fingerprint density at radius 2 is 1.81 bits per heavy atom. The van der Waals surface area contributed by atoms with Crippen LogP contribution in [0.2, 0.25) is 0 Å². The number of piperazine rings is 1. The Morgan fingerprint density at radius 1 is 1.04 bits per heavy atom. The number of rotatable bonds is 4. The maximum absolute atomic E-state index is 13.2. The summed E-state index contributed by atoms with van der Waals surface area (Å²) in [5.41, 5.74) is 2.95. The summed E-state index contributed by atoms with van der Waals surface area (Å²) in [5.74, 6) is 0.784. The molecular weight excluding hydrogens is 397 g/mol. The molecule has 4 rings (SSSR count). The third-order valence-electron chi connectivity index (χ3n) is 4.64. The Hall–Kier alpha value is -2.25. The first-order valence-electron chi connectivity index (χ1n) is 8.56. The lowest BCUT2D eigenvalue weighted by Crippen LogP contribution is -2.46. The second kappa shape index (κ2) is 7.55. The highest BCUT2D eigenvalue weighted by Crippen LogP contribution is 2.23. The molecule has 0 atom stereocenters. The van der Waals surface area contributed by atoms with Gasteiger partial charge >= 0.3 is 0 Å². The van der Waals surface area contributed by atoms with Crippen molar-refractivity contribution in [2.75, 3.05) is 31.1 Å². The van der Waals surface area contributed by atoms with Crippen molar-refractivity contribution in [3.63, 3.8) is 0 Å². The molecule has 2 aromatic heterocycles. The molecule has 1 aliphatic heterocycles. The van der Waals surface area contributed by atoms with E-state index in [-0.39, 0.29) is 5.82 Å². The molecule has 1 aliphatic rings. The van der Waals surface area contributed by atoms with Gasteiger partial charge in [0.1, 0.15) is 11.6 Å². The van der Waals surface area contributed by atoms with Gasteiger partial charge in [0.05, 0.1) is 5.69 Å². The third-order valence-corrected chi connectivity index (χ3v) is 5.11. The van der Waals surface area contributed by atoms with Gasteiger partial charge in [-0.25, -0.2) is 9.37 Å². The molecule has 0 spiro atoms. The Balaban J connectivity index is 1.40. The van der Waals surface area contributed by atoms with Crippen molar-refractivity contribution in [2.45, 2.75) is 6.54 Å². The van der Waals surface area contributed by atoms with Crippen LogP contribution in [0.4, 0.5) is 10.2 Å². The molecule has 1 aromatic carbocycles. The summed E-state index contributed by atoms with van der Waals surface area (Å²) < 4.78 is 14.1. The smallest absolute Gasteiger partial charge is 0.128 e. The van der Waals surface area contributed by atoms with Crippen LogP contribution in [-0.4, -0.2) is 46.3 Å². The first-order chi connectivity index (χ1) is 12.7. The molecule has 0 radical (unpaired) electrons. The summed E-state index contributed by atoms with van der Waals surface area (Å²) in [6.07, 6.45) is 3.77. The van der Waals surface area contributed by atoms with E-state index >= 15 is 0 Å². The molecule has 3 heterocycles. The van der Waals surface area contributed by atoms with E-state index in [1.807, 2.05) is 24.5 Å². The molecule has 7 heteroatoms. The van der Waals surface area contributed by atoms with E-state index in [0.717, 1.165) is 59.8 Å². The molecule has 26 heavy (non-hydrogen) atoms. The number of pyridine rings is 1. The molecule has 5 nitrogen and oxygen atoms in total. The quantitative estimate of drug-likeness (QED) is 0.705. The standard InChI is InChI=1S/C19H19BrFN5/c20-16-3-6-18(22-12-16)26-9-7-25(8-10-26)13-15-11-23-24-19(15)14-1-4-17(21)5-2-14/h1-6,11-12H,7-10,13H2,(H,23,24). The van der Waals surface area contributed by atoms with Crippen molar-refractivity contribution < 1.29 is 4.39 Å². The van der Waals surface area contributed by atoms with E-state index in [1.165, 1.54) is 12.1 Å². The van der Waals surface area contributed by atoms with E-state index in [4.69, 9.17) is 0 Å². The molecule has 0 unspecified atom stereocenters. The zero-order valence-electron chi connectivity index (χ0n) is 14.2. The van der Waals surface area contributed by atoms with Crippen LogP contribution in [0.15, 0.2) is 53.3 Å². The van der Waals surface area contributed by atoms with Crippen LogP contribution < -0.4 is 4.90 Å². The number of H-pyrrole nitrogens is 1. The zero-order chi connectivity index (χ0) is 17.9. The van der Waals surface area contributed by atoms with Gasteiger partial charge in [-0.1, -0.05) is 0 Å². The fourth-order valence-corrected chi connectivity index (χ4v) is 3.46. The van der Waals surface area contributed by atoms with E-state index in [9.17, 15) is 4.39 Å². The van der Waals surface area contributed by atoms with Gasteiger partial charge in [0.2, 0.25) is 0 Å². The first-order valence-corrected chi connectivity index (χ1v) is 9.36. The number of aromatic nitrogens is 3. The second-order valence-electron chi connectivity index (χ2n) is 6.36. The second-order valence-corrected chi connectivity index (χ2v) is 7.28. The predicted molar refractivity (Wildman–Crippen MR) is 103 cm³/mol. The Labute approximate surface area is 160 Å². The zero-order valence-corrected chi connectivity index (χ0v) is 15.8. The summed E-state index contributed by atoms with van der Waals surface area (Å²) in [6, 6.07) is 10.5. The largest absolute Gasteiger partial charge is 0.354 e. The van der Waals surface area contributed by atoms with E-state index in [2.05, 4.69) is 40.9 Å². The van der Waals surface area contributed by atoms with Crippen LogP contribution in [0.5, 0.6) is 0 Å². The van der Waals surface area contributed by atoms with Gasteiger partial charge in [0.15, 0.2) is 0 Å². The Morgan fingerprint density at radius 3 is 2.50 bits per heavy atom. The van der Waals surface area contributed by atoms with Gasteiger partial charge < -0.3 is 4.90 Å². The highest BCUT2D eigenvalue weighted by atomic mass is 79.9. The molecule has 1 fully saturated rings. The highest BCUT2D eigenvalue weighted by Gasteiger charge is 2.20. The average Bonchev–Trinajstić information content (AvgIpc) is 3.12. The van der Waals surface area contributed by atoms with Crippen molar-refractivity contribution in [1.29, 1.82) is 0 Å². The number of halogens is 2. The van der Waals surface area contributed by atoms with Crippen LogP contribution in [0, 0.1) is 5.82 Å². The van der Waals surface area contributed by atoms with Gasteiger partial charge in [-0.05, 0) is 52.3 Å². The highest BCUT2D eigenvalue weighted by molar-refractivity contribution is 9.10. The maximum atomic E-state index is 13.2. The van der Waals surface area contributed by atoms with Crippen molar-refractivity contribution >= 4 is 21.7 Å². The number of benzene rings is 1. The number of nitrogens with zero attached hydrogens (tertiary/aromatic N) is 4. The first kappa shape index (κ1) is 17.2. The number of anilines is 1. The molecule has 1 saturated heterocycles. The molecule has 1 N–H and O–H groups in total. The van der Waals surface area contributed by atoms with Gasteiger partial charge in [0, 0.05) is 60.7 Å². The molecule has 0 aliphatic carbocycles. The minimum absolute atomic E-state index is 0.233. The lowest BCUT2D eigenvalue weighted by Gasteiger charge is -2.35. The van der Waals surface area contributed by atoms with Crippen molar-refractivity contribution in [2.24, 2.45) is 0 Å². The lowest BCUT2D eigenvalue weighted by atomic mass is 10.1. The topological polar surface area (TPSA) is 48.1 Å². The summed E-state index contributed by atoms with van der Waals surface area (Å²) in [6.45, 7) is 4.64. The number of aromatic amines is 1. The van der Waals surface area contributed by atoms with E-state index in [0.29, 0.717) is 0 Å². The van der Waals surface area contributed by atoms with Gasteiger partial charge in [-0.3, -0.25) is 10.00 Å². The predicted octanol–water partition coefficient (Wildman–Crippen LogP) is 3.70. The van der Waals surface area contributed by atoms with Crippen LogP contribution in [-0.2, 0) is 6.54 Å². The monoisotopic (exact) mass is 415 g/mol. The lowest BCUT2D eigenvalue weighted by molar-refractivity contribution is 0.249. The molecule has 134 valence electrons. The summed E-state index contributed by atoms with van der Waals surface area (Å²) in [5, 5.41) is 7.30. The molecular formula is C19H19BrFN5. The fraction of sp³-hybridized carbons (Fsp3) is 0.263. The Kier molecular flexibility index (Phi) is 4.99. The minimum atomic E-state index is -0.233.